The molecular weight excluding hydrogens is 252 g/mol. The zero-order valence-corrected chi connectivity index (χ0v) is 12.3. The molecular formula is C16H24N2O2. The predicted octanol–water partition coefficient (Wildman–Crippen LogP) is 3.50. The molecule has 1 aromatic heterocycles. The summed E-state index contributed by atoms with van der Waals surface area (Å²) in [6, 6.07) is 5.36. The number of ether oxygens (including phenoxy) is 1. The number of rotatable bonds is 10. The molecule has 0 amide bonds. The second kappa shape index (κ2) is 10.1. The molecule has 0 spiro atoms. The summed E-state index contributed by atoms with van der Waals surface area (Å²) in [5.74, 6) is 0.341. The third kappa shape index (κ3) is 5.92. The number of unbranched alkanes of at least 4 members (excludes halogenated alkanes) is 6. The van der Waals surface area contributed by atoms with Gasteiger partial charge in [0.1, 0.15) is 6.54 Å². The van der Waals surface area contributed by atoms with Gasteiger partial charge in [-0.15, -0.1) is 0 Å². The molecule has 0 radical (unpaired) electrons. The quantitative estimate of drug-likeness (QED) is 0.614. The molecule has 0 aliphatic heterocycles. The fourth-order valence-corrected chi connectivity index (χ4v) is 2.07. The zero-order chi connectivity index (χ0) is 14.6. The average Bonchev–Trinajstić information content (AvgIpc) is 2.45. The Morgan fingerprint density at radius 3 is 2.60 bits per heavy atom. The number of aromatic nitrogens is 1. The van der Waals surface area contributed by atoms with Crippen molar-refractivity contribution in [1.82, 2.24) is 4.57 Å². The fourth-order valence-electron chi connectivity index (χ4n) is 2.07. The van der Waals surface area contributed by atoms with E-state index in [1.165, 1.54) is 36.7 Å². The first-order chi connectivity index (χ1) is 9.79. The molecule has 0 aliphatic carbocycles. The molecule has 1 aromatic rings. The van der Waals surface area contributed by atoms with Crippen LogP contribution >= 0.6 is 0 Å². The molecule has 0 fully saturated rings. The average molecular weight is 276 g/mol. The monoisotopic (exact) mass is 276 g/mol. The first-order valence-electron chi connectivity index (χ1n) is 7.48. The molecule has 4 nitrogen and oxygen atoms in total. The van der Waals surface area contributed by atoms with E-state index in [1.54, 1.807) is 18.3 Å². The smallest absolute Gasteiger partial charge is 0.293 e. The van der Waals surface area contributed by atoms with E-state index < -0.39 is 0 Å². The van der Waals surface area contributed by atoms with Crippen molar-refractivity contribution in [2.45, 2.75) is 58.4 Å². The van der Waals surface area contributed by atoms with Crippen molar-refractivity contribution in [2.75, 3.05) is 6.61 Å². The minimum atomic E-state index is -0.225. The van der Waals surface area contributed by atoms with Crippen LogP contribution in [0, 0.1) is 11.3 Å². The highest BCUT2D eigenvalue weighted by atomic mass is 16.5. The summed E-state index contributed by atoms with van der Waals surface area (Å²) < 4.78 is 6.87. The topological polar surface area (TPSA) is 55.0 Å². The minimum absolute atomic E-state index is 0.0630. The molecule has 4 heteroatoms. The van der Waals surface area contributed by atoms with Gasteiger partial charge in [-0.3, -0.25) is 9.36 Å². The molecule has 0 saturated carbocycles. The lowest BCUT2D eigenvalue weighted by Gasteiger charge is -2.07. The molecule has 20 heavy (non-hydrogen) atoms. The third-order valence-electron chi connectivity index (χ3n) is 3.23. The van der Waals surface area contributed by atoms with E-state index in [9.17, 15) is 4.79 Å². The van der Waals surface area contributed by atoms with Crippen LogP contribution < -0.4 is 10.3 Å². The van der Waals surface area contributed by atoms with Crippen molar-refractivity contribution in [2.24, 2.45) is 0 Å². The number of nitriles is 1. The van der Waals surface area contributed by atoms with Gasteiger partial charge in [0.2, 0.25) is 0 Å². The van der Waals surface area contributed by atoms with Crippen LogP contribution in [-0.2, 0) is 6.54 Å². The Morgan fingerprint density at radius 1 is 1.20 bits per heavy atom. The van der Waals surface area contributed by atoms with E-state index in [2.05, 4.69) is 6.92 Å². The van der Waals surface area contributed by atoms with Crippen molar-refractivity contribution in [1.29, 1.82) is 5.26 Å². The first kappa shape index (κ1) is 16.3. The number of nitrogens with zero attached hydrogens (tertiary/aromatic N) is 2. The molecule has 1 heterocycles. The molecule has 0 saturated heterocycles. The second-order valence-corrected chi connectivity index (χ2v) is 4.93. The summed E-state index contributed by atoms with van der Waals surface area (Å²) >= 11 is 0. The summed E-state index contributed by atoms with van der Waals surface area (Å²) in [5, 5.41) is 8.62. The maximum Gasteiger partial charge on any atom is 0.293 e. The van der Waals surface area contributed by atoms with Crippen LogP contribution in [0.2, 0.25) is 0 Å². The van der Waals surface area contributed by atoms with Crippen molar-refractivity contribution >= 4 is 0 Å². The summed E-state index contributed by atoms with van der Waals surface area (Å²) in [4.78, 5) is 11.9. The lowest BCUT2D eigenvalue weighted by molar-refractivity contribution is 0.298. The van der Waals surface area contributed by atoms with Gasteiger partial charge >= 0.3 is 0 Å². The van der Waals surface area contributed by atoms with Crippen molar-refractivity contribution in [3.8, 4) is 11.8 Å². The Balaban J connectivity index is 2.24. The second-order valence-electron chi connectivity index (χ2n) is 4.93. The van der Waals surface area contributed by atoms with Crippen molar-refractivity contribution < 1.29 is 4.74 Å². The maximum absolute atomic E-state index is 11.9. The van der Waals surface area contributed by atoms with Crippen LogP contribution in [0.15, 0.2) is 23.1 Å². The molecule has 0 unspecified atom stereocenters. The van der Waals surface area contributed by atoms with Crippen molar-refractivity contribution in [3.05, 3.63) is 28.7 Å². The van der Waals surface area contributed by atoms with Crippen LogP contribution in [0.5, 0.6) is 5.75 Å². The summed E-state index contributed by atoms with van der Waals surface area (Å²) in [6.07, 6.45) is 10.1. The molecule has 0 N–H and O–H groups in total. The van der Waals surface area contributed by atoms with E-state index >= 15 is 0 Å². The molecule has 110 valence electrons. The molecule has 0 aromatic carbocycles. The highest BCUT2D eigenvalue weighted by Crippen LogP contribution is 2.08. The lowest BCUT2D eigenvalue weighted by atomic mass is 10.1. The first-order valence-corrected chi connectivity index (χ1v) is 7.48. The van der Waals surface area contributed by atoms with Gasteiger partial charge in [-0.05, 0) is 18.6 Å². The Labute approximate surface area is 121 Å². The summed E-state index contributed by atoms with van der Waals surface area (Å²) in [5.41, 5.74) is -0.225. The minimum Gasteiger partial charge on any atom is -0.488 e. The van der Waals surface area contributed by atoms with Crippen LogP contribution in [0.1, 0.15) is 51.9 Å². The van der Waals surface area contributed by atoms with E-state index in [0.29, 0.717) is 12.4 Å². The Kier molecular flexibility index (Phi) is 8.21. The van der Waals surface area contributed by atoms with Crippen LogP contribution in [0.3, 0.4) is 0 Å². The molecule has 0 atom stereocenters. The standard InChI is InChI=1S/C16H24N2O2/c1-2-3-4-5-6-7-8-14-20-15-10-9-12-18(13-11-17)16(15)19/h9-10,12H,2-8,13-14H2,1H3. The van der Waals surface area contributed by atoms with E-state index in [1.807, 2.05) is 6.07 Å². The zero-order valence-electron chi connectivity index (χ0n) is 12.3. The fraction of sp³-hybridized carbons (Fsp3) is 0.625. The van der Waals surface area contributed by atoms with Crippen molar-refractivity contribution in [3.63, 3.8) is 0 Å². The Hall–Kier alpha value is -1.76. The van der Waals surface area contributed by atoms with Gasteiger partial charge < -0.3 is 4.74 Å². The Morgan fingerprint density at radius 2 is 1.90 bits per heavy atom. The third-order valence-corrected chi connectivity index (χ3v) is 3.23. The van der Waals surface area contributed by atoms with Gasteiger partial charge in [0, 0.05) is 6.20 Å². The van der Waals surface area contributed by atoms with E-state index in [0.717, 1.165) is 12.8 Å². The summed E-state index contributed by atoms with van der Waals surface area (Å²) in [7, 11) is 0. The van der Waals surface area contributed by atoms with Gasteiger partial charge in [-0.25, -0.2) is 0 Å². The Bertz CT molecular complexity index is 474. The van der Waals surface area contributed by atoms with E-state index in [-0.39, 0.29) is 12.1 Å². The predicted molar refractivity (Wildman–Crippen MR) is 79.8 cm³/mol. The van der Waals surface area contributed by atoms with E-state index in [4.69, 9.17) is 10.00 Å². The van der Waals surface area contributed by atoms with Crippen LogP contribution in [-0.4, -0.2) is 11.2 Å². The highest BCUT2D eigenvalue weighted by Gasteiger charge is 2.03. The van der Waals surface area contributed by atoms with Crippen LogP contribution in [0.4, 0.5) is 0 Å². The number of hydrogen-bond acceptors (Lipinski definition) is 3. The normalized spacial score (nSPS) is 10.2. The SMILES string of the molecule is CCCCCCCCCOc1cccn(CC#N)c1=O. The highest BCUT2D eigenvalue weighted by molar-refractivity contribution is 5.17. The van der Waals surface area contributed by atoms with Crippen LogP contribution in [0.25, 0.3) is 0 Å². The maximum atomic E-state index is 11.9. The summed E-state index contributed by atoms with van der Waals surface area (Å²) in [6.45, 7) is 2.85. The molecule has 0 aliphatic rings. The van der Waals surface area contributed by atoms with Gasteiger partial charge in [-0.1, -0.05) is 45.4 Å². The molecule has 1 rings (SSSR count). The van der Waals surface area contributed by atoms with Gasteiger partial charge in [-0.2, -0.15) is 5.26 Å². The largest absolute Gasteiger partial charge is 0.488 e. The van der Waals surface area contributed by atoms with Gasteiger partial charge in [0.05, 0.1) is 12.7 Å². The number of hydrogen-bond donors (Lipinski definition) is 0. The van der Waals surface area contributed by atoms with Gasteiger partial charge in [0.25, 0.3) is 5.56 Å². The number of pyridine rings is 1. The molecule has 0 bridgehead atoms. The lowest BCUT2D eigenvalue weighted by Crippen LogP contribution is -2.21. The van der Waals surface area contributed by atoms with Gasteiger partial charge in [0.15, 0.2) is 5.75 Å².